The molecule has 0 bridgehead atoms. The third-order valence-electron chi connectivity index (χ3n) is 1.52. The molecule has 0 aliphatic heterocycles. The first-order chi connectivity index (χ1) is 5.04. The van der Waals surface area contributed by atoms with Crippen LogP contribution >= 0.6 is 12.6 Å². The van der Waals surface area contributed by atoms with E-state index >= 15 is 0 Å². The molecule has 2 nitrogen and oxygen atoms in total. The molecule has 0 heterocycles. The fourth-order valence-electron chi connectivity index (χ4n) is 0.387. The van der Waals surface area contributed by atoms with Crippen LogP contribution in [0.25, 0.3) is 0 Å². The monoisotopic (exact) mass is 168 g/mol. The predicted octanol–water partition coefficient (Wildman–Crippen LogP) is 2.40. The summed E-state index contributed by atoms with van der Waals surface area (Å²) in [6.45, 7) is 5.49. The Morgan fingerprint density at radius 3 is 2.55 bits per heavy atom. The van der Waals surface area contributed by atoms with Crippen LogP contribution < -0.4 is 0 Å². The summed E-state index contributed by atoms with van der Waals surface area (Å²) in [5.41, 5.74) is 0.318. The zero-order valence-corrected chi connectivity index (χ0v) is 7.89. The molecule has 0 fully saturated rings. The summed E-state index contributed by atoms with van der Waals surface area (Å²) in [6.07, 6.45) is 1.57. The molecule has 0 aromatic carbocycles. The highest BCUT2D eigenvalue weighted by atomic mass is 32.1. The molecule has 60 valence electrons. The highest BCUT2D eigenvalue weighted by Gasteiger charge is 2.19. The molecule has 0 aromatic rings. The second-order valence-corrected chi connectivity index (χ2v) is 3.05. The number of hydrogen-bond acceptors (Lipinski definition) is 3. The van der Waals surface area contributed by atoms with Crippen molar-refractivity contribution in [3.8, 4) is 6.07 Å². The second kappa shape index (κ2) is 4.20. The van der Waals surface area contributed by atoms with Crippen LogP contribution in [0.2, 0.25) is 0 Å². The normalized spacial score (nSPS) is 13.5. The Labute approximate surface area is 73.0 Å². The SMILES string of the molecule is C/C(=N\C=C/S)C(C)(C)C#N. The summed E-state index contributed by atoms with van der Waals surface area (Å²) in [4.78, 5) is 4.02. The smallest absolute Gasteiger partial charge is 0.0895 e. The van der Waals surface area contributed by atoms with Crippen molar-refractivity contribution in [1.29, 1.82) is 5.26 Å². The largest absolute Gasteiger partial charge is 0.264 e. The summed E-state index contributed by atoms with van der Waals surface area (Å²) >= 11 is 3.85. The number of hydrogen-bond donors (Lipinski definition) is 1. The molecule has 0 spiro atoms. The molecule has 0 aromatic heterocycles. The number of aliphatic imine (C=N–C) groups is 1. The molecule has 0 N–H and O–H groups in total. The van der Waals surface area contributed by atoms with Crippen molar-refractivity contribution in [1.82, 2.24) is 0 Å². The van der Waals surface area contributed by atoms with Gasteiger partial charge in [0, 0.05) is 11.9 Å². The van der Waals surface area contributed by atoms with Gasteiger partial charge in [-0.2, -0.15) is 5.26 Å². The number of thiol groups is 1. The zero-order chi connectivity index (χ0) is 8.91. The third kappa shape index (κ3) is 3.24. The van der Waals surface area contributed by atoms with Crippen molar-refractivity contribution in [3.05, 3.63) is 11.6 Å². The van der Waals surface area contributed by atoms with Crippen molar-refractivity contribution >= 4 is 18.3 Å². The lowest BCUT2D eigenvalue weighted by molar-refractivity contribution is 0.690. The summed E-state index contributed by atoms with van der Waals surface area (Å²) in [7, 11) is 0. The summed E-state index contributed by atoms with van der Waals surface area (Å²) in [6, 6.07) is 2.16. The van der Waals surface area contributed by atoms with Crippen LogP contribution in [0.4, 0.5) is 0 Å². The number of nitriles is 1. The Balaban J connectivity index is 4.49. The van der Waals surface area contributed by atoms with Gasteiger partial charge in [-0.25, -0.2) is 0 Å². The van der Waals surface area contributed by atoms with E-state index in [0.29, 0.717) is 0 Å². The van der Waals surface area contributed by atoms with Crippen molar-refractivity contribution in [2.75, 3.05) is 0 Å². The molecule has 0 saturated carbocycles. The van der Waals surface area contributed by atoms with Gasteiger partial charge in [-0.3, -0.25) is 4.99 Å². The molecule has 0 aliphatic carbocycles. The lowest BCUT2D eigenvalue weighted by Crippen LogP contribution is -2.18. The molecule has 0 atom stereocenters. The summed E-state index contributed by atoms with van der Waals surface area (Å²) < 4.78 is 0. The average Bonchev–Trinajstić information content (AvgIpc) is 2.00. The van der Waals surface area contributed by atoms with Gasteiger partial charge < -0.3 is 0 Å². The Morgan fingerprint density at radius 1 is 1.64 bits per heavy atom. The van der Waals surface area contributed by atoms with Gasteiger partial charge >= 0.3 is 0 Å². The van der Waals surface area contributed by atoms with E-state index in [2.05, 4.69) is 23.7 Å². The number of rotatable bonds is 2. The predicted molar refractivity (Wildman–Crippen MR) is 50.6 cm³/mol. The van der Waals surface area contributed by atoms with E-state index in [0.717, 1.165) is 5.71 Å². The van der Waals surface area contributed by atoms with Crippen LogP contribution in [-0.2, 0) is 0 Å². The first kappa shape index (κ1) is 10.2. The van der Waals surface area contributed by atoms with Crippen LogP contribution in [-0.4, -0.2) is 5.71 Å². The van der Waals surface area contributed by atoms with E-state index in [4.69, 9.17) is 5.26 Å². The van der Waals surface area contributed by atoms with E-state index < -0.39 is 5.41 Å². The van der Waals surface area contributed by atoms with Crippen LogP contribution in [0.15, 0.2) is 16.6 Å². The van der Waals surface area contributed by atoms with Crippen LogP contribution in [0.1, 0.15) is 20.8 Å². The van der Waals surface area contributed by atoms with E-state index in [-0.39, 0.29) is 0 Å². The quantitative estimate of drug-likeness (QED) is 0.499. The van der Waals surface area contributed by atoms with Gasteiger partial charge in [0.25, 0.3) is 0 Å². The highest BCUT2D eigenvalue weighted by Crippen LogP contribution is 2.15. The van der Waals surface area contributed by atoms with Gasteiger partial charge in [-0.05, 0) is 26.2 Å². The van der Waals surface area contributed by atoms with Crippen LogP contribution in [0, 0.1) is 16.7 Å². The maximum atomic E-state index is 8.69. The van der Waals surface area contributed by atoms with Crippen molar-refractivity contribution < 1.29 is 0 Å². The minimum absolute atomic E-state index is 0.479. The number of nitrogens with zero attached hydrogens (tertiary/aromatic N) is 2. The fraction of sp³-hybridized carbons (Fsp3) is 0.500. The first-order valence-electron chi connectivity index (χ1n) is 3.30. The van der Waals surface area contributed by atoms with Crippen molar-refractivity contribution in [2.24, 2.45) is 10.4 Å². The molecular weight excluding hydrogens is 156 g/mol. The Hall–Kier alpha value is -0.750. The molecule has 0 amide bonds. The average molecular weight is 168 g/mol. The lowest BCUT2D eigenvalue weighted by atomic mass is 9.90. The van der Waals surface area contributed by atoms with Gasteiger partial charge in [0.1, 0.15) is 0 Å². The molecule has 3 heteroatoms. The highest BCUT2D eigenvalue weighted by molar-refractivity contribution is 7.83. The summed E-state index contributed by atoms with van der Waals surface area (Å²) in [5, 5.41) is 10.2. The maximum Gasteiger partial charge on any atom is 0.0895 e. The first-order valence-corrected chi connectivity index (χ1v) is 3.81. The van der Waals surface area contributed by atoms with Crippen molar-refractivity contribution in [2.45, 2.75) is 20.8 Å². The van der Waals surface area contributed by atoms with Gasteiger partial charge in [0.15, 0.2) is 0 Å². The Bertz CT molecular complexity index is 221. The van der Waals surface area contributed by atoms with E-state index in [1.165, 1.54) is 5.41 Å². The molecule has 11 heavy (non-hydrogen) atoms. The minimum Gasteiger partial charge on any atom is -0.264 e. The Kier molecular flexibility index (Phi) is 3.91. The lowest BCUT2D eigenvalue weighted by Gasteiger charge is -2.13. The summed E-state index contributed by atoms with van der Waals surface area (Å²) in [5.74, 6) is 0. The standard InChI is InChI=1S/C8H12N2S/c1-7(10-4-5-11)8(2,3)6-9/h4-5,11H,1-3H3/b5-4-,10-7+. The van der Waals surface area contributed by atoms with Crippen LogP contribution in [0.3, 0.4) is 0 Å². The Morgan fingerprint density at radius 2 is 2.18 bits per heavy atom. The minimum atomic E-state index is -0.479. The van der Waals surface area contributed by atoms with Gasteiger partial charge in [-0.15, -0.1) is 12.6 Å². The molecular formula is C8H12N2S. The van der Waals surface area contributed by atoms with Gasteiger partial charge in [0.2, 0.25) is 0 Å². The van der Waals surface area contributed by atoms with Crippen LogP contribution in [0.5, 0.6) is 0 Å². The zero-order valence-electron chi connectivity index (χ0n) is 7.00. The fourth-order valence-corrected chi connectivity index (χ4v) is 0.454. The molecule has 0 aliphatic rings. The molecule has 0 rings (SSSR count). The topological polar surface area (TPSA) is 36.1 Å². The third-order valence-corrected chi connectivity index (χ3v) is 1.65. The second-order valence-electron chi connectivity index (χ2n) is 2.75. The van der Waals surface area contributed by atoms with E-state index in [1.54, 1.807) is 6.20 Å². The van der Waals surface area contributed by atoms with E-state index in [9.17, 15) is 0 Å². The molecule has 0 unspecified atom stereocenters. The van der Waals surface area contributed by atoms with Gasteiger partial charge in [0.05, 0.1) is 11.5 Å². The van der Waals surface area contributed by atoms with E-state index in [1.807, 2.05) is 20.8 Å². The van der Waals surface area contributed by atoms with Crippen molar-refractivity contribution in [3.63, 3.8) is 0 Å². The molecule has 0 saturated heterocycles. The maximum absolute atomic E-state index is 8.69. The molecule has 0 radical (unpaired) electrons. The van der Waals surface area contributed by atoms with Gasteiger partial charge in [-0.1, -0.05) is 0 Å².